The summed E-state index contributed by atoms with van der Waals surface area (Å²) in [6.45, 7) is 6.28. The first-order valence-corrected chi connectivity index (χ1v) is 9.95. The van der Waals surface area contributed by atoms with Crippen LogP contribution >= 0.6 is 11.6 Å². The van der Waals surface area contributed by atoms with Crippen LogP contribution in [-0.2, 0) is 10.0 Å². The van der Waals surface area contributed by atoms with Crippen molar-refractivity contribution >= 4 is 33.0 Å². The highest BCUT2D eigenvalue weighted by Crippen LogP contribution is 2.22. The van der Waals surface area contributed by atoms with E-state index in [-0.39, 0.29) is 4.90 Å². The molecule has 0 atom stereocenters. The summed E-state index contributed by atoms with van der Waals surface area (Å²) in [5.41, 5.74) is 1.65. The summed E-state index contributed by atoms with van der Waals surface area (Å²) in [7, 11) is -3.61. The minimum Gasteiger partial charge on any atom is -0.372 e. The summed E-state index contributed by atoms with van der Waals surface area (Å²) in [5, 5.41) is 0.505. The van der Waals surface area contributed by atoms with Crippen molar-refractivity contribution in [1.29, 1.82) is 0 Å². The van der Waals surface area contributed by atoms with Gasteiger partial charge in [0, 0.05) is 29.5 Å². The molecule has 4 nitrogen and oxygen atoms in total. The SMILES string of the molecule is CCCN(CCC)c1ccc(NS(=O)(=O)c2ccc(Cl)cc2)cc1. The number of sulfonamides is 1. The molecule has 0 heterocycles. The Labute approximate surface area is 149 Å². The molecule has 6 heteroatoms. The molecular formula is C18H23ClN2O2S. The molecule has 130 valence electrons. The van der Waals surface area contributed by atoms with Crippen molar-refractivity contribution in [3.05, 3.63) is 53.6 Å². The Morgan fingerprint density at radius 1 is 0.917 bits per heavy atom. The van der Waals surface area contributed by atoms with E-state index < -0.39 is 10.0 Å². The number of halogens is 1. The molecule has 0 radical (unpaired) electrons. The molecule has 24 heavy (non-hydrogen) atoms. The van der Waals surface area contributed by atoms with E-state index in [9.17, 15) is 8.42 Å². The first kappa shape index (κ1) is 18.6. The first-order valence-electron chi connectivity index (χ1n) is 8.09. The van der Waals surface area contributed by atoms with Crippen LogP contribution in [0.5, 0.6) is 0 Å². The lowest BCUT2D eigenvalue weighted by Crippen LogP contribution is -2.24. The monoisotopic (exact) mass is 366 g/mol. The fourth-order valence-corrected chi connectivity index (χ4v) is 3.66. The molecule has 2 aromatic rings. The normalized spacial score (nSPS) is 11.3. The maximum absolute atomic E-state index is 12.4. The largest absolute Gasteiger partial charge is 0.372 e. The van der Waals surface area contributed by atoms with E-state index in [0.717, 1.165) is 31.6 Å². The van der Waals surface area contributed by atoms with Crippen LogP contribution < -0.4 is 9.62 Å². The van der Waals surface area contributed by atoms with Gasteiger partial charge >= 0.3 is 0 Å². The van der Waals surface area contributed by atoms with Crippen molar-refractivity contribution in [2.24, 2.45) is 0 Å². The maximum Gasteiger partial charge on any atom is 0.261 e. The van der Waals surface area contributed by atoms with Crippen LogP contribution in [0.15, 0.2) is 53.4 Å². The van der Waals surface area contributed by atoms with Gasteiger partial charge in [-0.2, -0.15) is 0 Å². The van der Waals surface area contributed by atoms with E-state index in [4.69, 9.17) is 11.6 Å². The highest BCUT2D eigenvalue weighted by atomic mass is 35.5. The van der Waals surface area contributed by atoms with E-state index in [1.54, 1.807) is 24.3 Å². The summed E-state index contributed by atoms with van der Waals surface area (Å²) in [6.07, 6.45) is 2.15. The molecule has 2 aromatic carbocycles. The third kappa shape index (κ3) is 4.89. The van der Waals surface area contributed by atoms with Crippen molar-refractivity contribution in [1.82, 2.24) is 0 Å². The van der Waals surface area contributed by atoms with Crippen molar-refractivity contribution in [3.63, 3.8) is 0 Å². The van der Waals surface area contributed by atoms with Crippen molar-refractivity contribution in [2.45, 2.75) is 31.6 Å². The number of rotatable bonds is 8. The summed E-state index contributed by atoms with van der Waals surface area (Å²) in [4.78, 5) is 2.49. The second-order valence-corrected chi connectivity index (χ2v) is 7.71. The molecule has 0 amide bonds. The van der Waals surface area contributed by atoms with Gasteiger partial charge in [0.2, 0.25) is 0 Å². The number of nitrogens with zero attached hydrogens (tertiary/aromatic N) is 1. The predicted octanol–water partition coefficient (Wildman–Crippen LogP) is 4.77. The second kappa shape index (κ2) is 8.40. The Hall–Kier alpha value is -1.72. The zero-order chi connectivity index (χ0) is 17.6. The Balaban J connectivity index is 2.14. The fraction of sp³-hybridized carbons (Fsp3) is 0.333. The van der Waals surface area contributed by atoms with Crippen LogP contribution in [0, 0.1) is 0 Å². The minimum atomic E-state index is -3.61. The van der Waals surface area contributed by atoms with Crippen LogP contribution in [0.3, 0.4) is 0 Å². The molecule has 0 bridgehead atoms. The quantitative estimate of drug-likeness (QED) is 0.732. The highest BCUT2D eigenvalue weighted by Gasteiger charge is 2.14. The Morgan fingerprint density at radius 3 is 1.96 bits per heavy atom. The average molecular weight is 367 g/mol. The van der Waals surface area contributed by atoms with Crippen LogP contribution in [0.2, 0.25) is 5.02 Å². The van der Waals surface area contributed by atoms with Crippen LogP contribution in [-0.4, -0.2) is 21.5 Å². The van der Waals surface area contributed by atoms with Gasteiger partial charge in [0.1, 0.15) is 0 Å². The van der Waals surface area contributed by atoms with Gasteiger partial charge in [0.05, 0.1) is 4.90 Å². The van der Waals surface area contributed by atoms with E-state index in [1.807, 2.05) is 12.1 Å². The molecule has 0 unspecified atom stereocenters. The summed E-state index contributed by atoms with van der Waals surface area (Å²) >= 11 is 5.80. The molecule has 0 aliphatic carbocycles. The first-order chi connectivity index (χ1) is 11.5. The number of nitrogens with one attached hydrogen (secondary N) is 1. The molecule has 0 saturated carbocycles. The summed E-state index contributed by atoms with van der Waals surface area (Å²) in [5.74, 6) is 0. The second-order valence-electron chi connectivity index (χ2n) is 5.59. The third-order valence-electron chi connectivity index (χ3n) is 3.60. The molecule has 0 fully saturated rings. The Kier molecular flexibility index (Phi) is 6.52. The van der Waals surface area contributed by atoms with Crippen LogP contribution in [0.1, 0.15) is 26.7 Å². The van der Waals surface area contributed by atoms with Crippen molar-refractivity contribution in [3.8, 4) is 0 Å². The van der Waals surface area contributed by atoms with Gasteiger partial charge in [-0.25, -0.2) is 8.42 Å². The molecule has 0 aromatic heterocycles. The third-order valence-corrected chi connectivity index (χ3v) is 5.24. The maximum atomic E-state index is 12.4. The average Bonchev–Trinajstić information content (AvgIpc) is 2.55. The Bertz CT molecular complexity index is 738. The van der Waals surface area contributed by atoms with Crippen molar-refractivity contribution < 1.29 is 8.42 Å². The fourth-order valence-electron chi connectivity index (χ4n) is 2.48. The molecule has 0 aliphatic rings. The van der Waals surface area contributed by atoms with Gasteiger partial charge in [-0.3, -0.25) is 4.72 Å². The number of anilines is 2. The zero-order valence-corrected chi connectivity index (χ0v) is 15.6. The van der Waals surface area contributed by atoms with E-state index in [2.05, 4.69) is 23.5 Å². The molecular weight excluding hydrogens is 344 g/mol. The standard InChI is InChI=1S/C18H23ClN2O2S/c1-3-13-21(14-4-2)17-9-7-16(8-10-17)20-24(22,23)18-11-5-15(19)6-12-18/h5-12,20H,3-4,13-14H2,1-2H3. The van der Waals surface area contributed by atoms with Crippen molar-refractivity contribution in [2.75, 3.05) is 22.7 Å². The van der Waals surface area contributed by atoms with Gasteiger partial charge < -0.3 is 4.90 Å². The van der Waals surface area contributed by atoms with Gasteiger partial charge in [0.25, 0.3) is 10.0 Å². The molecule has 1 N–H and O–H groups in total. The minimum absolute atomic E-state index is 0.189. The predicted molar refractivity (Wildman–Crippen MR) is 101 cm³/mol. The smallest absolute Gasteiger partial charge is 0.261 e. The molecule has 2 rings (SSSR count). The number of benzene rings is 2. The number of hydrogen-bond donors (Lipinski definition) is 1. The lowest BCUT2D eigenvalue weighted by molar-refractivity contribution is 0.601. The lowest BCUT2D eigenvalue weighted by Gasteiger charge is -2.24. The van der Waals surface area contributed by atoms with E-state index in [0.29, 0.717) is 10.7 Å². The highest BCUT2D eigenvalue weighted by molar-refractivity contribution is 7.92. The van der Waals surface area contributed by atoms with Gasteiger partial charge in [0.15, 0.2) is 0 Å². The van der Waals surface area contributed by atoms with Gasteiger partial charge in [-0.15, -0.1) is 0 Å². The van der Waals surface area contributed by atoms with Crippen LogP contribution in [0.25, 0.3) is 0 Å². The molecule has 0 saturated heterocycles. The topological polar surface area (TPSA) is 49.4 Å². The summed E-state index contributed by atoms with van der Waals surface area (Å²) < 4.78 is 27.3. The molecule has 0 aliphatic heterocycles. The zero-order valence-electron chi connectivity index (χ0n) is 14.0. The van der Waals surface area contributed by atoms with E-state index >= 15 is 0 Å². The lowest BCUT2D eigenvalue weighted by atomic mass is 10.2. The van der Waals surface area contributed by atoms with Crippen LogP contribution in [0.4, 0.5) is 11.4 Å². The summed E-state index contributed by atoms with van der Waals surface area (Å²) in [6, 6.07) is 13.6. The Morgan fingerprint density at radius 2 is 1.46 bits per heavy atom. The van der Waals surface area contributed by atoms with Gasteiger partial charge in [-0.1, -0.05) is 25.4 Å². The molecule has 0 spiro atoms. The van der Waals surface area contributed by atoms with E-state index in [1.165, 1.54) is 12.1 Å². The van der Waals surface area contributed by atoms with Gasteiger partial charge in [-0.05, 0) is 61.4 Å². The number of hydrogen-bond acceptors (Lipinski definition) is 3.